The van der Waals surface area contributed by atoms with Crippen LogP contribution in [0.1, 0.15) is 53.6 Å². The fourth-order valence-electron chi connectivity index (χ4n) is 3.42. The summed E-state index contributed by atoms with van der Waals surface area (Å²) in [5.74, 6) is 1.60. The first-order valence-corrected chi connectivity index (χ1v) is 8.54. The van der Waals surface area contributed by atoms with Crippen LogP contribution in [0.3, 0.4) is 0 Å². The number of imidazole rings is 1. The van der Waals surface area contributed by atoms with E-state index in [1.54, 1.807) is 0 Å². The van der Waals surface area contributed by atoms with E-state index >= 15 is 0 Å². The van der Waals surface area contributed by atoms with Crippen LogP contribution in [0.5, 0.6) is 0 Å². The molecule has 0 aliphatic carbocycles. The van der Waals surface area contributed by atoms with Gasteiger partial charge in [0.1, 0.15) is 11.5 Å². The van der Waals surface area contributed by atoms with Crippen LogP contribution in [0.25, 0.3) is 0 Å². The molecule has 1 aliphatic heterocycles. The third kappa shape index (κ3) is 3.16. The first-order chi connectivity index (χ1) is 11.1. The van der Waals surface area contributed by atoms with Crippen LogP contribution in [0.2, 0.25) is 0 Å². The Balaban J connectivity index is 1.81. The fraction of sp³-hybridized carbons (Fsp3) is 0.474. The van der Waals surface area contributed by atoms with Crippen molar-refractivity contribution in [1.82, 2.24) is 14.5 Å². The molecule has 23 heavy (non-hydrogen) atoms. The van der Waals surface area contributed by atoms with Gasteiger partial charge in [0.05, 0.1) is 0 Å². The minimum absolute atomic E-state index is 0.0454. The molecular formula is C19H25N3O. The molecule has 0 unspecified atom stereocenters. The van der Waals surface area contributed by atoms with Gasteiger partial charge in [0.15, 0.2) is 0 Å². The van der Waals surface area contributed by atoms with Crippen molar-refractivity contribution >= 4 is 5.91 Å². The number of nitrogens with zero attached hydrogens (tertiary/aromatic N) is 3. The van der Waals surface area contributed by atoms with Gasteiger partial charge in [0.25, 0.3) is 5.91 Å². The second kappa shape index (κ2) is 6.57. The van der Waals surface area contributed by atoms with E-state index in [2.05, 4.69) is 40.7 Å². The predicted molar refractivity (Wildman–Crippen MR) is 91.7 cm³/mol. The van der Waals surface area contributed by atoms with Gasteiger partial charge in [0, 0.05) is 38.2 Å². The Kier molecular flexibility index (Phi) is 4.51. The first-order valence-electron chi connectivity index (χ1n) is 8.54. The lowest BCUT2D eigenvalue weighted by Gasteiger charge is -2.24. The Labute approximate surface area is 138 Å². The molecule has 4 heteroatoms. The predicted octanol–water partition coefficient (Wildman–Crippen LogP) is 3.40. The van der Waals surface area contributed by atoms with Crippen molar-refractivity contribution in [1.29, 1.82) is 0 Å². The SMILES string of the molecule is CCN(CC)C(=O)c1cn2c(n1)CC[C@H](c1cccc(C)c1)C2. The second-order valence-electron chi connectivity index (χ2n) is 6.32. The van der Waals surface area contributed by atoms with Crippen molar-refractivity contribution in [2.75, 3.05) is 13.1 Å². The lowest BCUT2D eigenvalue weighted by atomic mass is 9.91. The molecule has 4 nitrogen and oxygen atoms in total. The molecule has 1 aromatic heterocycles. The molecule has 0 bridgehead atoms. The number of amides is 1. The number of hydrogen-bond acceptors (Lipinski definition) is 2. The van der Waals surface area contributed by atoms with E-state index in [0.29, 0.717) is 11.6 Å². The highest BCUT2D eigenvalue weighted by atomic mass is 16.2. The van der Waals surface area contributed by atoms with Crippen molar-refractivity contribution < 1.29 is 4.79 Å². The van der Waals surface area contributed by atoms with Crippen molar-refractivity contribution in [2.45, 2.75) is 46.1 Å². The van der Waals surface area contributed by atoms with E-state index in [1.165, 1.54) is 11.1 Å². The molecule has 0 saturated carbocycles. The Hall–Kier alpha value is -2.10. The minimum Gasteiger partial charge on any atom is -0.338 e. The maximum absolute atomic E-state index is 12.5. The summed E-state index contributed by atoms with van der Waals surface area (Å²) in [6, 6.07) is 8.75. The van der Waals surface area contributed by atoms with Gasteiger partial charge in [-0.3, -0.25) is 4.79 Å². The van der Waals surface area contributed by atoms with Gasteiger partial charge in [-0.05, 0) is 32.8 Å². The fourth-order valence-corrected chi connectivity index (χ4v) is 3.42. The summed E-state index contributed by atoms with van der Waals surface area (Å²) < 4.78 is 2.17. The number of hydrogen-bond donors (Lipinski definition) is 0. The molecule has 0 fully saturated rings. The highest BCUT2D eigenvalue weighted by Crippen LogP contribution is 2.29. The smallest absolute Gasteiger partial charge is 0.274 e. The molecular weight excluding hydrogens is 286 g/mol. The number of aryl methyl sites for hydroxylation is 2. The summed E-state index contributed by atoms with van der Waals surface area (Å²) in [4.78, 5) is 18.9. The summed E-state index contributed by atoms with van der Waals surface area (Å²) in [6.07, 6.45) is 3.97. The first kappa shape index (κ1) is 15.8. The quantitative estimate of drug-likeness (QED) is 0.868. The summed E-state index contributed by atoms with van der Waals surface area (Å²) >= 11 is 0. The van der Waals surface area contributed by atoms with E-state index in [4.69, 9.17) is 0 Å². The number of fused-ring (bicyclic) bond motifs is 1. The van der Waals surface area contributed by atoms with Crippen LogP contribution in [-0.2, 0) is 13.0 Å². The second-order valence-corrected chi connectivity index (χ2v) is 6.32. The van der Waals surface area contributed by atoms with E-state index in [9.17, 15) is 4.79 Å². The van der Waals surface area contributed by atoms with E-state index in [1.807, 2.05) is 24.9 Å². The number of benzene rings is 1. The van der Waals surface area contributed by atoms with Crippen LogP contribution in [0.4, 0.5) is 0 Å². The highest BCUT2D eigenvalue weighted by Gasteiger charge is 2.24. The molecule has 3 rings (SSSR count). The monoisotopic (exact) mass is 311 g/mol. The van der Waals surface area contributed by atoms with Gasteiger partial charge in [-0.15, -0.1) is 0 Å². The topological polar surface area (TPSA) is 38.1 Å². The van der Waals surface area contributed by atoms with Crippen LogP contribution in [0, 0.1) is 6.92 Å². The molecule has 0 N–H and O–H groups in total. The zero-order chi connectivity index (χ0) is 16.4. The minimum atomic E-state index is 0.0454. The van der Waals surface area contributed by atoms with Crippen LogP contribution in [0.15, 0.2) is 30.5 Å². The Bertz CT molecular complexity index is 700. The summed E-state index contributed by atoms with van der Waals surface area (Å²) in [5.41, 5.74) is 3.28. The van der Waals surface area contributed by atoms with Crippen LogP contribution in [-0.4, -0.2) is 33.4 Å². The van der Waals surface area contributed by atoms with Crippen LogP contribution >= 0.6 is 0 Å². The summed E-state index contributed by atoms with van der Waals surface area (Å²) in [5, 5.41) is 0. The zero-order valence-electron chi connectivity index (χ0n) is 14.2. The van der Waals surface area contributed by atoms with Gasteiger partial charge < -0.3 is 9.47 Å². The van der Waals surface area contributed by atoms with E-state index in [-0.39, 0.29) is 5.91 Å². The standard InChI is InChI=1S/C19H25N3O/c1-4-21(5-2)19(23)17-13-22-12-16(9-10-18(22)20-17)15-8-6-7-14(3)11-15/h6-8,11,13,16H,4-5,9-10,12H2,1-3H3/t16-/m0/s1. The maximum Gasteiger partial charge on any atom is 0.274 e. The summed E-state index contributed by atoms with van der Waals surface area (Å²) in [7, 11) is 0. The molecule has 2 aromatic rings. The van der Waals surface area contributed by atoms with E-state index in [0.717, 1.165) is 38.3 Å². The molecule has 1 aliphatic rings. The lowest BCUT2D eigenvalue weighted by molar-refractivity contribution is 0.0767. The molecule has 2 heterocycles. The van der Waals surface area contributed by atoms with Gasteiger partial charge in [-0.1, -0.05) is 29.8 Å². The van der Waals surface area contributed by atoms with Crippen LogP contribution < -0.4 is 0 Å². The highest BCUT2D eigenvalue weighted by molar-refractivity contribution is 5.92. The number of carbonyl (C=O) groups excluding carboxylic acids is 1. The van der Waals surface area contributed by atoms with Crippen molar-refractivity contribution in [3.8, 4) is 0 Å². The van der Waals surface area contributed by atoms with Gasteiger partial charge in [-0.2, -0.15) is 0 Å². The van der Waals surface area contributed by atoms with Gasteiger partial charge >= 0.3 is 0 Å². The zero-order valence-corrected chi connectivity index (χ0v) is 14.2. The molecule has 122 valence electrons. The number of carbonyl (C=O) groups is 1. The largest absolute Gasteiger partial charge is 0.338 e. The molecule has 0 radical (unpaired) electrons. The van der Waals surface area contributed by atoms with Crippen molar-refractivity contribution in [3.05, 3.63) is 53.1 Å². The third-order valence-electron chi connectivity index (χ3n) is 4.78. The van der Waals surface area contributed by atoms with Gasteiger partial charge in [0.2, 0.25) is 0 Å². The maximum atomic E-state index is 12.5. The Morgan fingerprint density at radius 1 is 1.35 bits per heavy atom. The average molecular weight is 311 g/mol. The lowest BCUT2D eigenvalue weighted by Crippen LogP contribution is -2.30. The van der Waals surface area contributed by atoms with Crippen molar-refractivity contribution in [2.24, 2.45) is 0 Å². The van der Waals surface area contributed by atoms with E-state index < -0.39 is 0 Å². The summed E-state index contributed by atoms with van der Waals surface area (Å²) in [6.45, 7) is 8.51. The number of rotatable bonds is 4. The number of aromatic nitrogens is 2. The molecule has 0 saturated heterocycles. The molecule has 1 aromatic carbocycles. The Morgan fingerprint density at radius 3 is 2.83 bits per heavy atom. The molecule has 1 amide bonds. The van der Waals surface area contributed by atoms with Gasteiger partial charge in [-0.25, -0.2) is 4.98 Å². The molecule has 1 atom stereocenters. The molecule has 0 spiro atoms. The average Bonchev–Trinajstić information content (AvgIpc) is 2.99. The van der Waals surface area contributed by atoms with Crippen molar-refractivity contribution in [3.63, 3.8) is 0 Å². The normalized spacial score (nSPS) is 16.9. The third-order valence-corrected chi connectivity index (χ3v) is 4.78. The Morgan fingerprint density at radius 2 is 2.13 bits per heavy atom.